The van der Waals surface area contributed by atoms with Crippen molar-refractivity contribution in [3.8, 4) is 22.8 Å². The van der Waals surface area contributed by atoms with Gasteiger partial charge >= 0.3 is 0 Å². The maximum Gasteiger partial charge on any atom is 0.261 e. The van der Waals surface area contributed by atoms with Gasteiger partial charge < -0.3 is 9.47 Å². The Balaban J connectivity index is 1.66. The summed E-state index contributed by atoms with van der Waals surface area (Å²) >= 11 is 5.08. The first kappa shape index (κ1) is 17.1. The molecule has 0 fully saturated rings. The second-order valence-electron chi connectivity index (χ2n) is 5.73. The van der Waals surface area contributed by atoms with Crippen LogP contribution in [0.4, 0.5) is 5.13 Å². The minimum Gasteiger partial charge on any atom is -0.496 e. The molecule has 3 aromatic rings. The number of carbonyl (C=O) groups excluding carboxylic acids is 1. The smallest absolute Gasteiger partial charge is 0.261 e. The number of thiazole rings is 1. The molecule has 132 valence electrons. The molecule has 1 amide bonds. The number of rotatable bonds is 4. The number of hydrogen-bond acceptors (Lipinski definition) is 5. The van der Waals surface area contributed by atoms with Crippen LogP contribution in [0.15, 0.2) is 40.9 Å². The van der Waals surface area contributed by atoms with Crippen molar-refractivity contribution in [1.29, 1.82) is 0 Å². The quantitative estimate of drug-likeness (QED) is 0.507. The van der Waals surface area contributed by atoms with Gasteiger partial charge in [0, 0.05) is 21.3 Å². The van der Waals surface area contributed by atoms with Crippen LogP contribution in [0, 0.1) is 0 Å². The van der Waals surface area contributed by atoms with Gasteiger partial charge in [-0.15, -0.1) is 11.3 Å². The van der Waals surface area contributed by atoms with Crippen LogP contribution in [0.2, 0.25) is 0 Å². The van der Waals surface area contributed by atoms with Crippen LogP contribution in [0.25, 0.3) is 11.3 Å². The molecule has 1 aromatic heterocycles. The van der Waals surface area contributed by atoms with Crippen molar-refractivity contribution in [3.63, 3.8) is 0 Å². The molecule has 1 aliphatic rings. The van der Waals surface area contributed by atoms with Gasteiger partial charge in [-0.05, 0) is 29.8 Å². The SMILES string of the molecule is COc1ccccc1C(=O)Nc1nc2c(s1)Cc1c(Br)ccc(OC)c1-2. The van der Waals surface area contributed by atoms with Crippen LogP contribution in [-0.2, 0) is 6.42 Å². The van der Waals surface area contributed by atoms with E-state index in [1.807, 2.05) is 18.2 Å². The van der Waals surface area contributed by atoms with Crippen LogP contribution in [0.5, 0.6) is 11.5 Å². The molecule has 1 aliphatic carbocycles. The lowest BCUT2D eigenvalue weighted by molar-refractivity contribution is 0.102. The van der Waals surface area contributed by atoms with Crippen LogP contribution in [0.1, 0.15) is 20.8 Å². The van der Waals surface area contributed by atoms with Crippen molar-refractivity contribution in [3.05, 3.63) is 56.9 Å². The van der Waals surface area contributed by atoms with Gasteiger partial charge in [0.05, 0.1) is 25.5 Å². The molecule has 4 rings (SSSR count). The third kappa shape index (κ3) is 2.77. The number of carbonyl (C=O) groups is 1. The number of halogens is 1. The zero-order chi connectivity index (χ0) is 18.3. The molecule has 0 atom stereocenters. The summed E-state index contributed by atoms with van der Waals surface area (Å²) < 4.78 is 11.8. The lowest BCUT2D eigenvalue weighted by Crippen LogP contribution is -2.12. The van der Waals surface area contributed by atoms with E-state index in [1.54, 1.807) is 32.4 Å². The Kier molecular flexibility index (Phi) is 4.42. The Morgan fingerprint density at radius 1 is 1.15 bits per heavy atom. The minimum atomic E-state index is -0.240. The fraction of sp³-hybridized carbons (Fsp3) is 0.158. The van der Waals surface area contributed by atoms with E-state index in [1.165, 1.54) is 16.9 Å². The van der Waals surface area contributed by atoms with Crippen molar-refractivity contribution >= 4 is 38.3 Å². The van der Waals surface area contributed by atoms with Crippen molar-refractivity contribution in [1.82, 2.24) is 4.98 Å². The number of anilines is 1. The summed E-state index contributed by atoms with van der Waals surface area (Å²) in [6, 6.07) is 11.0. The fourth-order valence-electron chi connectivity index (χ4n) is 3.08. The number of fused-ring (bicyclic) bond motifs is 3. The number of hydrogen-bond donors (Lipinski definition) is 1. The predicted octanol–water partition coefficient (Wildman–Crippen LogP) is 4.75. The molecule has 0 radical (unpaired) electrons. The van der Waals surface area contributed by atoms with Gasteiger partial charge in [0.25, 0.3) is 5.91 Å². The third-order valence-electron chi connectivity index (χ3n) is 4.28. The van der Waals surface area contributed by atoms with Gasteiger partial charge in [-0.3, -0.25) is 10.1 Å². The van der Waals surface area contributed by atoms with E-state index in [0.717, 1.165) is 32.8 Å². The summed E-state index contributed by atoms with van der Waals surface area (Å²) in [6.07, 6.45) is 0.768. The topological polar surface area (TPSA) is 60.5 Å². The first-order valence-electron chi connectivity index (χ1n) is 7.92. The Bertz CT molecular complexity index is 1020. The number of nitrogens with one attached hydrogen (secondary N) is 1. The van der Waals surface area contributed by atoms with E-state index in [-0.39, 0.29) is 5.91 Å². The first-order chi connectivity index (χ1) is 12.6. The van der Waals surface area contributed by atoms with Gasteiger partial charge in [0.1, 0.15) is 11.5 Å². The summed E-state index contributed by atoms with van der Waals surface area (Å²) in [5, 5.41) is 3.45. The average Bonchev–Trinajstić information content (AvgIpc) is 3.20. The molecule has 0 saturated heterocycles. The monoisotopic (exact) mass is 430 g/mol. The van der Waals surface area contributed by atoms with Gasteiger partial charge in [-0.1, -0.05) is 28.1 Å². The van der Waals surface area contributed by atoms with Gasteiger partial charge in [-0.2, -0.15) is 0 Å². The number of benzene rings is 2. The number of nitrogens with zero attached hydrogens (tertiary/aromatic N) is 1. The number of para-hydroxylation sites is 1. The molecular weight excluding hydrogens is 416 g/mol. The molecule has 26 heavy (non-hydrogen) atoms. The minimum absolute atomic E-state index is 0.240. The molecule has 0 bridgehead atoms. The Hall–Kier alpha value is -2.38. The second-order valence-corrected chi connectivity index (χ2v) is 7.66. The molecule has 2 aromatic carbocycles. The predicted molar refractivity (Wildman–Crippen MR) is 106 cm³/mol. The molecule has 7 heteroatoms. The highest BCUT2D eigenvalue weighted by Gasteiger charge is 2.29. The molecule has 5 nitrogen and oxygen atoms in total. The highest BCUT2D eigenvalue weighted by atomic mass is 79.9. The van der Waals surface area contributed by atoms with E-state index >= 15 is 0 Å². The molecule has 1 heterocycles. The van der Waals surface area contributed by atoms with Crippen LogP contribution in [-0.4, -0.2) is 25.1 Å². The molecule has 1 N–H and O–H groups in total. The third-order valence-corrected chi connectivity index (χ3v) is 5.99. The number of amides is 1. The summed E-state index contributed by atoms with van der Waals surface area (Å²) in [4.78, 5) is 18.3. The molecule has 0 saturated carbocycles. The Morgan fingerprint density at radius 3 is 2.69 bits per heavy atom. The van der Waals surface area contributed by atoms with E-state index in [9.17, 15) is 4.79 Å². The zero-order valence-corrected chi connectivity index (χ0v) is 16.5. The summed E-state index contributed by atoms with van der Waals surface area (Å²) in [7, 11) is 3.20. The zero-order valence-electron chi connectivity index (χ0n) is 14.1. The van der Waals surface area contributed by atoms with Gasteiger partial charge in [-0.25, -0.2) is 4.98 Å². The van der Waals surface area contributed by atoms with Crippen molar-refractivity contribution < 1.29 is 14.3 Å². The fourth-order valence-corrected chi connectivity index (χ4v) is 4.53. The maximum absolute atomic E-state index is 12.6. The molecule has 0 aliphatic heterocycles. The van der Waals surface area contributed by atoms with Crippen molar-refractivity contribution in [2.24, 2.45) is 0 Å². The van der Waals surface area contributed by atoms with E-state index in [2.05, 4.69) is 26.2 Å². The van der Waals surface area contributed by atoms with Gasteiger partial charge in [0.2, 0.25) is 0 Å². The summed E-state index contributed by atoms with van der Waals surface area (Å²) in [5.41, 5.74) is 3.51. The number of aromatic nitrogens is 1. The molecule has 0 unspecified atom stereocenters. The van der Waals surface area contributed by atoms with Crippen molar-refractivity contribution in [2.75, 3.05) is 19.5 Å². The maximum atomic E-state index is 12.6. The number of methoxy groups -OCH3 is 2. The Labute approximate surface area is 163 Å². The lowest BCUT2D eigenvalue weighted by Gasteiger charge is -2.09. The molecule has 0 spiro atoms. The van der Waals surface area contributed by atoms with E-state index in [4.69, 9.17) is 9.47 Å². The average molecular weight is 431 g/mol. The highest BCUT2D eigenvalue weighted by molar-refractivity contribution is 9.10. The number of ether oxygens (including phenoxy) is 2. The van der Waals surface area contributed by atoms with Crippen LogP contribution < -0.4 is 14.8 Å². The summed E-state index contributed by atoms with van der Waals surface area (Å²) in [5.74, 6) is 1.08. The van der Waals surface area contributed by atoms with Crippen LogP contribution in [0.3, 0.4) is 0 Å². The normalized spacial score (nSPS) is 11.7. The molecular formula is C19H15BrN2O3S. The largest absolute Gasteiger partial charge is 0.496 e. The standard InChI is InChI=1S/C19H15BrN2O3S/c1-24-13-6-4-3-5-10(13)18(23)22-19-21-17-15(26-19)9-11-12(20)7-8-14(25-2)16(11)17/h3-8H,9H2,1-2H3,(H,21,22,23). The van der Waals surface area contributed by atoms with Crippen LogP contribution >= 0.6 is 27.3 Å². The Morgan fingerprint density at radius 2 is 1.92 bits per heavy atom. The highest BCUT2D eigenvalue weighted by Crippen LogP contribution is 2.48. The second kappa shape index (κ2) is 6.74. The summed E-state index contributed by atoms with van der Waals surface area (Å²) in [6.45, 7) is 0. The van der Waals surface area contributed by atoms with E-state index in [0.29, 0.717) is 16.4 Å². The first-order valence-corrected chi connectivity index (χ1v) is 9.53. The lowest BCUT2D eigenvalue weighted by atomic mass is 10.1. The van der Waals surface area contributed by atoms with Crippen molar-refractivity contribution in [2.45, 2.75) is 6.42 Å². The van der Waals surface area contributed by atoms with E-state index < -0.39 is 0 Å². The van der Waals surface area contributed by atoms with Gasteiger partial charge in [0.15, 0.2) is 5.13 Å².